The smallest absolute Gasteiger partial charge is 0.136 e. The lowest BCUT2D eigenvalue weighted by Gasteiger charge is -2.28. The first kappa shape index (κ1) is 26.3. The van der Waals surface area contributed by atoms with Crippen molar-refractivity contribution in [2.75, 3.05) is 4.90 Å². The largest absolute Gasteiger partial charge is 0.456 e. The van der Waals surface area contributed by atoms with Crippen molar-refractivity contribution in [2.45, 2.75) is 0 Å². The lowest BCUT2D eigenvalue weighted by molar-refractivity contribution is 0.669. The van der Waals surface area contributed by atoms with Crippen LogP contribution >= 0.6 is 0 Å². The van der Waals surface area contributed by atoms with Crippen LogP contribution in [0, 0.1) is 0 Å². The number of furan rings is 1. The molecule has 216 valence electrons. The second kappa shape index (κ2) is 10.8. The Morgan fingerprint density at radius 1 is 0.370 bits per heavy atom. The van der Waals surface area contributed by atoms with E-state index in [2.05, 4.69) is 169 Å². The van der Waals surface area contributed by atoms with Crippen LogP contribution in [-0.4, -0.2) is 0 Å². The van der Waals surface area contributed by atoms with Gasteiger partial charge in [0.25, 0.3) is 0 Å². The van der Waals surface area contributed by atoms with Crippen molar-refractivity contribution >= 4 is 60.5 Å². The third kappa shape index (κ3) is 4.43. The van der Waals surface area contributed by atoms with Crippen molar-refractivity contribution in [3.8, 4) is 22.3 Å². The average molecular weight is 588 g/mol. The molecule has 0 aliphatic carbocycles. The van der Waals surface area contributed by atoms with Crippen LogP contribution in [0.2, 0.25) is 0 Å². The zero-order chi connectivity index (χ0) is 30.5. The number of hydrogen-bond acceptors (Lipinski definition) is 2. The van der Waals surface area contributed by atoms with E-state index in [-0.39, 0.29) is 0 Å². The first-order chi connectivity index (χ1) is 22.8. The first-order valence-corrected chi connectivity index (χ1v) is 15.7. The van der Waals surface area contributed by atoms with E-state index in [4.69, 9.17) is 4.42 Å². The van der Waals surface area contributed by atoms with Crippen LogP contribution in [0.15, 0.2) is 180 Å². The lowest BCUT2D eigenvalue weighted by atomic mass is 9.99. The molecule has 9 rings (SSSR count). The van der Waals surface area contributed by atoms with Gasteiger partial charge in [0.2, 0.25) is 0 Å². The molecule has 0 bridgehead atoms. The highest BCUT2D eigenvalue weighted by Gasteiger charge is 2.19. The number of rotatable bonds is 5. The Bertz CT molecular complexity index is 2530. The third-order valence-corrected chi connectivity index (χ3v) is 9.04. The molecule has 46 heavy (non-hydrogen) atoms. The number of anilines is 3. The Hall–Kier alpha value is -6.12. The number of fused-ring (bicyclic) bond motifs is 6. The molecule has 0 radical (unpaired) electrons. The molecule has 0 saturated carbocycles. The topological polar surface area (TPSA) is 16.4 Å². The molecule has 0 saturated heterocycles. The Morgan fingerprint density at radius 3 is 1.93 bits per heavy atom. The minimum Gasteiger partial charge on any atom is -0.456 e. The fraction of sp³-hybridized carbons (Fsp3) is 0. The summed E-state index contributed by atoms with van der Waals surface area (Å²) in [4.78, 5) is 2.38. The second-order valence-electron chi connectivity index (χ2n) is 11.8. The third-order valence-electron chi connectivity index (χ3n) is 9.04. The van der Waals surface area contributed by atoms with Crippen LogP contribution in [0.5, 0.6) is 0 Å². The van der Waals surface area contributed by atoms with Crippen molar-refractivity contribution in [2.24, 2.45) is 0 Å². The molecule has 0 atom stereocenters. The fourth-order valence-electron chi connectivity index (χ4n) is 6.80. The van der Waals surface area contributed by atoms with Crippen molar-refractivity contribution < 1.29 is 4.42 Å². The molecule has 0 unspecified atom stereocenters. The van der Waals surface area contributed by atoms with Gasteiger partial charge in [0.05, 0.1) is 5.69 Å². The summed E-state index contributed by atoms with van der Waals surface area (Å²) in [6, 6.07) is 62.8. The zero-order valence-corrected chi connectivity index (χ0v) is 25.1. The summed E-state index contributed by atoms with van der Waals surface area (Å²) in [6.07, 6.45) is 0. The molecule has 0 spiro atoms. The molecular formula is C44H29NO. The Labute approximate surface area is 267 Å². The van der Waals surface area contributed by atoms with Gasteiger partial charge in [-0.1, -0.05) is 127 Å². The van der Waals surface area contributed by atoms with Gasteiger partial charge in [-0.3, -0.25) is 0 Å². The number of para-hydroxylation sites is 2. The lowest BCUT2D eigenvalue weighted by Crippen LogP contribution is -2.11. The summed E-state index contributed by atoms with van der Waals surface area (Å²) >= 11 is 0. The van der Waals surface area contributed by atoms with Crippen LogP contribution < -0.4 is 4.90 Å². The fourth-order valence-corrected chi connectivity index (χ4v) is 6.80. The van der Waals surface area contributed by atoms with E-state index in [0.29, 0.717) is 0 Å². The summed E-state index contributed by atoms with van der Waals surface area (Å²) in [5, 5.41) is 7.15. The molecule has 1 heterocycles. The number of hydrogen-bond donors (Lipinski definition) is 0. The van der Waals surface area contributed by atoms with Crippen LogP contribution in [0.25, 0.3) is 65.7 Å². The zero-order valence-electron chi connectivity index (χ0n) is 25.1. The normalized spacial score (nSPS) is 11.5. The number of benzene rings is 8. The Kier molecular flexibility index (Phi) is 6.17. The summed E-state index contributed by atoms with van der Waals surface area (Å²) in [6.45, 7) is 0. The number of nitrogens with zero attached hydrogens (tertiary/aromatic N) is 1. The van der Waals surface area contributed by atoms with Crippen LogP contribution in [0.4, 0.5) is 17.1 Å². The molecule has 0 N–H and O–H groups in total. The highest BCUT2D eigenvalue weighted by molar-refractivity contribution is 6.19. The van der Waals surface area contributed by atoms with Gasteiger partial charge in [0, 0.05) is 27.7 Å². The van der Waals surface area contributed by atoms with Gasteiger partial charge in [-0.2, -0.15) is 0 Å². The Balaban J connectivity index is 1.24. The second-order valence-corrected chi connectivity index (χ2v) is 11.8. The maximum Gasteiger partial charge on any atom is 0.136 e. The molecule has 0 amide bonds. The van der Waals surface area contributed by atoms with Crippen molar-refractivity contribution in [1.29, 1.82) is 0 Å². The van der Waals surface area contributed by atoms with Gasteiger partial charge < -0.3 is 9.32 Å². The predicted molar refractivity (Wildman–Crippen MR) is 194 cm³/mol. The summed E-state index contributed by atoms with van der Waals surface area (Å²) in [5.41, 5.74) is 9.87. The molecule has 2 heteroatoms. The van der Waals surface area contributed by atoms with E-state index in [0.717, 1.165) is 39.0 Å². The molecule has 0 aliphatic heterocycles. The van der Waals surface area contributed by atoms with Crippen molar-refractivity contribution in [1.82, 2.24) is 0 Å². The molecule has 9 aromatic rings. The maximum atomic E-state index is 6.28. The van der Waals surface area contributed by atoms with Crippen LogP contribution in [-0.2, 0) is 0 Å². The molecule has 8 aromatic carbocycles. The summed E-state index contributed by atoms with van der Waals surface area (Å²) in [5.74, 6) is 0. The van der Waals surface area contributed by atoms with E-state index in [9.17, 15) is 0 Å². The Morgan fingerprint density at radius 2 is 1.04 bits per heavy atom. The van der Waals surface area contributed by atoms with Gasteiger partial charge in [-0.25, -0.2) is 0 Å². The SMILES string of the molecule is c1ccc(-c2ccccc2N(c2ccc(-c3ccc4ccccc4c3)cc2)c2ccc3ccc4oc5ccccc5c4c3c2)cc1. The van der Waals surface area contributed by atoms with Gasteiger partial charge in [0.15, 0.2) is 0 Å². The van der Waals surface area contributed by atoms with E-state index >= 15 is 0 Å². The summed E-state index contributed by atoms with van der Waals surface area (Å²) < 4.78 is 6.28. The van der Waals surface area contributed by atoms with Gasteiger partial charge in [0.1, 0.15) is 11.2 Å². The van der Waals surface area contributed by atoms with Crippen LogP contribution in [0.3, 0.4) is 0 Å². The quantitative estimate of drug-likeness (QED) is 0.199. The predicted octanol–water partition coefficient (Wildman–Crippen LogP) is 12.7. The van der Waals surface area contributed by atoms with E-state index in [1.807, 2.05) is 12.1 Å². The van der Waals surface area contributed by atoms with E-state index in [1.165, 1.54) is 43.8 Å². The molecule has 0 aliphatic rings. The van der Waals surface area contributed by atoms with E-state index < -0.39 is 0 Å². The van der Waals surface area contributed by atoms with Gasteiger partial charge >= 0.3 is 0 Å². The first-order valence-electron chi connectivity index (χ1n) is 15.7. The van der Waals surface area contributed by atoms with E-state index in [1.54, 1.807) is 0 Å². The highest BCUT2D eigenvalue weighted by atomic mass is 16.3. The van der Waals surface area contributed by atoms with Gasteiger partial charge in [-0.05, 0) is 86.8 Å². The minimum absolute atomic E-state index is 0.904. The molecule has 1 aromatic heterocycles. The van der Waals surface area contributed by atoms with Crippen molar-refractivity contribution in [3.05, 3.63) is 176 Å². The van der Waals surface area contributed by atoms with Gasteiger partial charge in [-0.15, -0.1) is 0 Å². The minimum atomic E-state index is 0.904. The molecule has 0 fully saturated rings. The average Bonchev–Trinajstić information content (AvgIpc) is 3.52. The van der Waals surface area contributed by atoms with Crippen molar-refractivity contribution in [3.63, 3.8) is 0 Å². The molecule has 2 nitrogen and oxygen atoms in total. The summed E-state index contributed by atoms with van der Waals surface area (Å²) in [7, 11) is 0. The highest BCUT2D eigenvalue weighted by Crippen LogP contribution is 2.43. The standard InChI is InChI=1S/C44H29NO/c1-2-11-32(12-3-1)38-14-6-8-16-41(38)45(36-24-20-31(21-25-36)35-19-18-30-10-4-5-13-34(30)28-35)37-26-22-33-23-27-43-44(40(33)29-37)39-15-7-9-17-42(39)46-43/h1-29H. The van der Waals surface area contributed by atoms with Crippen LogP contribution in [0.1, 0.15) is 0 Å². The molecular weight excluding hydrogens is 558 g/mol. The maximum absolute atomic E-state index is 6.28. The monoisotopic (exact) mass is 587 g/mol.